The maximum absolute atomic E-state index is 12.3. The maximum Gasteiger partial charge on any atom is 0.270 e. The highest BCUT2D eigenvalue weighted by molar-refractivity contribution is 6.09. The Labute approximate surface area is 126 Å². The summed E-state index contributed by atoms with van der Waals surface area (Å²) in [7, 11) is 0. The van der Waals surface area contributed by atoms with Crippen LogP contribution in [0.5, 0.6) is 0 Å². The molecule has 0 aliphatic carbocycles. The van der Waals surface area contributed by atoms with Crippen molar-refractivity contribution in [1.29, 1.82) is 0 Å². The number of ketones is 1. The highest BCUT2D eigenvalue weighted by atomic mass is 16.2. The van der Waals surface area contributed by atoms with Crippen LogP contribution in [0.2, 0.25) is 0 Å². The van der Waals surface area contributed by atoms with Crippen LogP contribution in [0.4, 0.5) is 0 Å². The summed E-state index contributed by atoms with van der Waals surface area (Å²) in [5, 5.41) is 7.19. The predicted molar refractivity (Wildman–Crippen MR) is 80.0 cm³/mol. The third-order valence-corrected chi connectivity index (χ3v) is 3.09. The zero-order valence-corrected chi connectivity index (χ0v) is 11.5. The number of hydrogen-bond acceptors (Lipinski definition) is 4. The fourth-order valence-corrected chi connectivity index (χ4v) is 1.97. The van der Waals surface area contributed by atoms with E-state index in [-0.39, 0.29) is 11.7 Å². The summed E-state index contributed by atoms with van der Waals surface area (Å²) >= 11 is 0. The SMILES string of the molecule is O=C(Nn1cnnc1)c1ccc(C(=O)c2ccccc2)cc1. The van der Waals surface area contributed by atoms with E-state index in [1.54, 1.807) is 36.4 Å². The van der Waals surface area contributed by atoms with E-state index in [0.29, 0.717) is 16.7 Å². The second-order valence-electron chi connectivity index (χ2n) is 4.58. The normalized spacial score (nSPS) is 10.2. The van der Waals surface area contributed by atoms with E-state index in [0.717, 1.165) is 0 Å². The number of amides is 1. The summed E-state index contributed by atoms with van der Waals surface area (Å²) < 4.78 is 1.35. The standard InChI is InChI=1S/C16H12N4O2/c21-15(12-4-2-1-3-5-12)13-6-8-14(9-7-13)16(22)19-20-10-17-18-11-20/h1-11H,(H,19,22). The van der Waals surface area contributed by atoms with Crippen LogP contribution in [0.15, 0.2) is 67.3 Å². The molecule has 0 saturated heterocycles. The van der Waals surface area contributed by atoms with E-state index >= 15 is 0 Å². The molecule has 6 heteroatoms. The van der Waals surface area contributed by atoms with Gasteiger partial charge in [0.2, 0.25) is 0 Å². The molecule has 0 fully saturated rings. The van der Waals surface area contributed by atoms with Crippen molar-refractivity contribution in [3.8, 4) is 0 Å². The Kier molecular flexibility index (Phi) is 3.74. The van der Waals surface area contributed by atoms with Gasteiger partial charge in [0.15, 0.2) is 5.78 Å². The smallest absolute Gasteiger partial charge is 0.270 e. The van der Waals surface area contributed by atoms with Gasteiger partial charge in [-0.25, -0.2) is 4.68 Å². The molecule has 3 rings (SSSR count). The van der Waals surface area contributed by atoms with E-state index in [2.05, 4.69) is 15.6 Å². The van der Waals surface area contributed by atoms with E-state index in [1.165, 1.54) is 17.3 Å². The van der Waals surface area contributed by atoms with Gasteiger partial charge in [0, 0.05) is 16.7 Å². The van der Waals surface area contributed by atoms with Crippen molar-refractivity contribution in [2.24, 2.45) is 0 Å². The highest BCUT2D eigenvalue weighted by Crippen LogP contribution is 2.11. The van der Waals surface area contributed by atoms with Crippen LogP contribution in [0.25, 0.3) is 0 Å². The molecular weight excluding hydrogens is 280 g/mol. The van der Waals surface area contributed by atoms with Crippen molar-refractivity contribution in [3.05, 3.63) is 83.9 Å². The lowest BCUT2D eigenvalue weighted by atomic mass is 10.0. The van der Waals surface area contributed by atoms with Crippen LogP contribution in [-0.2, 0) is 0 Å². The maximum atomic E-state index is 12.3. The first-order valence-corrected chi connectivity index (χ1v) is 6.60. The Balaban J connectivity index is 1.75. The van der Waals surface area contributed by atoms with Crippen LogP contribution in [-0.4, -0.2) is 26.6 Å². The molecule has 0 saturated carbocycles. The first-order valence-electron chi connectivity index (χ1n) is 6.60. The fourth-order valence-electron chi connectivity index (χ4n) is 1.97. The average molecular weight is 292 g/mol. The van der Waals surface area contributed by atoms with Gasteiger partial charge in [0.1, 0.15) is 12.7 Å². The Bertz CT molecular complexity index is 781. The third-order valence-electron chi connectivity index (χ3n) is 3.09. The van der Waals surface area contributed by atoms with Crippen LogP contribution < -0.4 is 5.43 Å². The van der Waals surface area contributed by atoms with Crippen LogP contribution >= 0.6 is 0 Å². The first kappa shape index (κ1) is 13.7. The van der Waals surface area contributed by atoms with Gasteiger partial charge in [-0.3, -0.25) is 15.0 Å². The van der Waals surface area contributed by atoms with E-state index in [4.69, 9.17) is 0 Å². The number of nitrogens with one attached hydrogen (secondary N) is 1. The molecule has 1 N–H and O–H groups in total. The van der Waals surface area contributed by atoms with Gasteiger partial charge in [-0.15, -0.1) is 10.2 Å². The number of nitrogens with zero attached hydrogens (tertiary/aromatic N) is 3. The topological polar surface area (TPSA) is 76.9 Å². The highest BCUT2D eigenvalue weighted by Gasteiger charge is 2.10. The lowest BCUT2D eigenvalue weighted by Crippen LogP contribution is -2.21. The van der Waals surface area contributed by atoms with Crippen molar-refractivity contribution in [2.75, 3.05) is 5.43 Å². The zero-order chi connectivity index (χ0) is 15.4. The molecule has 1 aromatic heterocycles. The van der Waals surface area contributed by atoms with E-state index in [9.17, 15) is 9.59 Å². The van der Waals surface area contributed by atoms with Gasteiger partial charge >= 0.3 is 0 Å². The van der Waals surface area contributed by atoms with Crippen molar-refractivity contribution >= 4 is 11.7 Å². The molecule has 0 spiro atoms. The summed E-state index contributed by atoms with van der Waals surface area (Å²) in [6.45, 7) is 0. The first-order chi connectivity index (χ1) is 10.7. The van der Waals surface area contributed by atoms with Crippen molar-refractivity contribution in [1.82, 2.24) is 14.9 Å². The number of carbonyl (C=O) groups excluding carboxylic acids is 2. The largest absolute Gasteiger partial charge is 0.289 e. The van der Waals surface area contributed by atoms with E-state index in [1.807, 2.05) is 18.2 Å². The summed E-state index contributed by atoms with van der Waals surface area (Å²) in [6.07, 6.45) is 2.76. The molecule has 2 aromatic carbocycles. The summed E-state index contributed by atoms with van der Waals surface area (Å²) in [4.78, 5) is 24.3. The molecule has 0 atom stereocenters. The molecule has 0 aliphatic rings. The lowest BCUT2D eigenvalue weighted by molar-refractivity contribution is 0.100. The van der Waals surface area contributed by atoms with Crippen LogP contribution in [0.1, 0.15) is 26.3 Å². The van der Waals surface area contributed by atoms with Crippen LogP contribution in [0, 0.1) is 0 Å². The fraction of sp³-hybridized carbons (Fsp3) is 0. The number of aromatic nitrogens is 3. The number of hydrogen-bond donors (Lipinski definition) is 1. The molecule has 22 heavy (non-hydrogen) atoms. The minimum atomic E-state index is -0.307. The van der Waals surface area contributed by atoms with Gasteiger partial charge in [-0.05, 0) is 12.1 Å². The Morgan fingerprint density at radius 2 is 1.32 bits per heavy atom. The third kappa shape index (κ3) is 2.90. The Hall–Kier alpha value is -3.28. The average Bonchev–Trinajstić information content (AvgIpc) is 3.08. The van der Waals surface area contributed by atoms with Gasteiger partial charge in [0.05, 0.1) is 0 Å². The van der Waals surface area contributed by atoms with Crippen molar-refractivity contribution in [2.45, 2.75) is 0 Å². The molecule has 3 aromatic rings. The second-order valence-corrected chi connectivity index (χ2v) is 4.58. The van der Waals surface area contributed by atoms with Crippen LogP contribution in [0.3, 0.4) is 0 Å². The van der Waals surface area contributed by atoms with Gasteiger partial charge < -0.3 is 0 Å². The van der Waals surface area contributed by atoms with Crippen molar-refractivity contribution < 1.29 is 9.59 Å². The summed E-state index contributed by atoms with van der Waals surface area (Å²) in [5.41, 5.74) is 4.18. The molecule has 0 unspecified atom stereocenters. The van der Waals surface area contributed by atoms with Gasteiger partial charge in [-0.2, -0.15) is 0 Å². The molecule has 0 aliphatic heterocycles. The molecule has 108 valence electrons. The van der Waals surface area contributed by atoms with Gasteiger partial charge in [-0.1, -0.05) is 42.5 Å². The molecule has 1 amide bonds. The number of benzene rings is 2. The Morgan fingerprint density at radius 1 is 0.773 bits per heavy atom. The number of carbonyl (C=O) groups is 2. The molecule has 0 bridgehead atoms. The molecule has 0 radical (unpaired) electrons. The minimum Gasteiger partial charge on any atom is -0.289 e. The van der Waals surface area contributed by atoms with Crippen molar-refractivity contribution in [3.63, 3.8) is 0 Å². The monoisotopic (exact) mass is 292 g/mol. The molecule has 1 heterocycles. The minimum absolute atomic E-state index is 0.0774. The summed E-state index contributed by atoms with van der Waals surface area (Å²) in [6, 6.07) is 15.5. The summed E-state index contributed by atoms with van der Waals surface area (Å²) in [5.74, 6) is -0.384. The van der Waals surface area contributed by atoms with Gasteiger partial charge in [0.25, 0.3) is 5.91 Å². The quantitative estimate of drug-likeness (QED) is 0.745. The second kappa shape index (κ2) is 6.01. The number of rotatable bonds is 4. The molecule has 6 nitrogen and oxygen atoms in total. The zero-order valence-electron chi connectivity index (χ0n) is 11.5. The predicted octanol–water partition coefficient (Wildman–Crippen LogP) is 1.89. The Morgan fingerprint density at radius 3 is 1.95 bits per heavy atom. The van der Waals surface area contributed by atoms with E-state index < -0.39 is 0 Å². The molecular formula is C16H12N4O2. The lowest BCUT2D eigenvalue weighted by Gasteiger charge is -2.05.